The molecular formula is C22H24N4O2S. The van der Waals surface area contributed by atoms with Gasteiger partial charge in [0.15, 0.2) is 0 Å². The van der Waals surface area contributed by atoms with E-state index in [9.17, 15) is 9.59 Å². The highest BCUT2D eigenvalue weighted by Crippen LogP contribution is 2.24. The van der Waals surface area contributed by atoms with Gasteiger partial charge in [0.05, 0.1) is 5.69 Å². The van der Waals surface area contributed by atoms with E-state index < -0.39 is 0 Å². The van der Waals surface area contributed by atoms with E-state index in [0.29, 0.717) is 18.7 Å². The normalized spacial score (nSPS) is 10.4. The van der Waals surface area contributed by atoms with Gasteiger partial charge in [-0.15, -0.1) is 11.3 Å². The Bertz CT molecular complexity index is 939. The van der Waals surface area contributed by atoms with Gasteiger partial charge in [-0.25, -0.2) is 9.78 Å². The van der Waals surface area contributed by atoms with Crippen LogP contribution in [0.5, 0.6) is 0 Å². The molecule has 1 aromatic heterocycles. The van der Waals surface area contributed by atoms with E-state index in [0.717, 1.165) is 16.3 Å². The van der Waals surface area contributed by atoms with Crippen LogP contribution in [0.3, 0.4) is 0 Å². The average Bonchev–Trinajstić information content (AvgIpc) is 3.18. The number of urea groups is 1. The lowest BCUT2D eigenvalue weighted by molar-refractivity contribution is -0.120. The maximum Gasteiger partial charge on any atom is 0.319 e. The quantitative estimate of drug-likeness (QED) is 0.527. The van der Waals surface area contributed by atoms with Crippen LogP contribution in [0.25, 0.3) is 10.6 Å². The number of hydrogen-bond acceptors (Lipinski definition) is 4. The van der Waals surface area contributed by atoms with E-state index in [1.165, 1.54) is 5.56 Å². The van der Waals surface area contributed by atoms with Crippen molar-refractivity contribution >= 4 is 29.0 Å². The molecule has 0 unspecified atom stereocenters. The van der Waals surface area contributed by atoms with Crippen LogP contribution >= 0.6 is 11.3 Å². The largest absolute Gasteiger partial charge is 0.356 e. The third-order valence-corrected chi connectivity index (χ3v) is 5.16. The molecule has 0 radical (unpaired) electrons. The van der Waals surface area contributed by atoms with Crippen molar-refractivity contribution in [2.45, 2.75) is 19.8 Å². The molecule has 0 saturated heterocycles. The molecule has 29 heavy (non-hydrogen) atoms. The molecule has 0 aliphatic rings. The molecule has 6 nitrogen and oxygen atoms in total. The van der Waals surface area contributed by atoms with Crippen molar-refractivity contribution in [3.8, 4) is 10.6 Å². The number of hydrogen-bond donors (Lipinski definition) is 3. The summed E-state index contributed by atoms with van der Waals surface area (Å²) in [7, 11) is 0. The second-order valence-electron chi connectivity index (χ2n) is 6.61. The molecule has 3 aromatic rings. The number of rotatable bonds is 8. The fourth-order valence-electron chi connectivity index (χ4n) is 2.66. The third kappa shape index (κ3) is 6.73. The van der Waals surface area contributed by atoms with Crippen LogP contribution in [0.15, 0.2) is 60.0 Å². The van der Waals surface area contributed by atoms with Gasteiger partial charge in [0.1, 0.15) is 5.01 Å². The first-order valence-corrected chi connectivity index (χ1v) is 10.4. The summed E-state index contributed by atoms with van der Waals surface area (Å²) in [6.07, 6.45) is 0.907. The standard InChI is InChI=1S/C22H24N4O2S/c1-16-7-9-17(10-8-16)21-25-19(15-29-21)11-13-23-20(27)12-14-24-22(28)26-18-5-3-2-4-6-18/h2-10,15H,11-14H2,1H3,(H,23,27)(H2,24,26,28). The van der Waals surface area contributed by atoms with Crippen molar-refractivity contribution in [3.05, 3.63) is 71.2 Å². The lowest BCUT2D eigenvalue weighted by atomic mass is 10.2. The maximum atomic E-state index is 11.9. The van der Waals surface area contributed by atoms with Crippen molar-refractivity contribution < 1.29 is 9.59 Å². The molecule has 0 bridgehead atoms. The molecule has 0 fully saturated rings. The summed E-state index contributed by atoms with van der Waals surface area (Å²) in [6.45, 7) is 2.86. The van der Waals surface area contributed by atoms with Gasteiger partial charge >= 0.3 is 6.03 Å². The van der Waals surface area contributed by atoms with E-state index in [1.807, 2.05) is 23.6 Å². The van der Waals surface area contributed by atoms with E-state index in [1.54, 1.807) is 23.5 Å². The first-order chi connectivity index (χ1) is 14.1. The van der Waals surface area contributed by atoms with Gasteiger partial charge in [-0.1, -0.05) is 48.0 Å². The lowest BCUT2D eigenvalue weighted by Crippen LogP contribution is -2.33. The van der Waals surface area contributed by atoms with E-state index in [4.69, 9.17) is 0 Å². The van der Waals surface area contributed by atoms with E-state index >= 15 is 0 Å². The molecule has 3 rings (SSSR count). The SMILES string of the molecule is Cc1ccc(-c2nc(CCNC(=O)CCNC(=O)Nc3ccccc3)cs2)cc1. The number of benzene rings is 2. The second kappa shape index (κ2) is 10.4. The Labute approximate surface area is 174 Å². The van der Waals surface area contributed by atoms with Crippen LogP contribution in [-0.2, 0) is 11.2 Å². The van der Waals surface area contributed by atoms with Gasteiger partial charge < -0.3 is 16.0 Å². The van der Waals surface area contributed by atoms with Crippen LogP contribution in [0.4, 0.5) is 10.5 Å². The van der Waals surface area contributed by atoms with Crippen molar-refractivity contribution in [1.82, 2.24) is 15.6 Å². The topological polar surface area (TPSA) is 83.1 Å². The van der Waals surface area contributed by atoms with Crippen molar-refractivity contribution in [2.75, 3.05) is 18.4 Å². The van der Waals surface area contributed by atoms with Crippen LogP contribution in [-0.4, -0.2) is 30.0 Å². The molecule has 3 N–H and O–H groups in total. The zero-order valence-electron chi connectivity index (χ0n) is 16.3. The minimum absolute atomic E-state index is 0.0981. The Morgan fingerprint density at radius 3 is 2.48 bits per heavy atom. The Morgan fingerprint density at radius 1 is 0.966 bits per heavy atom. The minimum Gasteiger partial charge on any atom is -0.356 e. The first-order valence-electron chi connectivity index (χ1n) is 9.48. The molecule has 1 heterocycles. The predicted octanol–water partition coefficient (Wildman–Crippen LogP) is 3.99. The monoisotopic (exact) mass is 408 g/mol. The fourth-order valence-corrected chi connectivity index (χ4v) is 3.52. The summed E-state index contributed by atoms with van der Waals surface area (Å²) >= 11 is 1.61. The van der Waals surface area contributed by atoms with Gasteiger partial charge in [-0.3, -0.25) is 4.79 Å². The number of para-hydroxylation sites is 1. The summed E-state index contributed by atoms with van der Waals surface area (Å²) in [5.41, 5.74) is 4.00. The van der Waals surface area contributed by atoms with Crippen molar-refractivity contribution in [2.24, 2.45) is 0 Å². The summed E-state index contributed by atoms with van der Waals surface area (Å²) < 4.78 is 0. The van der Waals surface area contributed by atoms with E-state index in [2.05, 4.69) is 52.1 Å². The fraction of sp³-hybridized carbons (Fsp3) is 0.227. The Kier molecular flexibility index (Phi) is 7.35. The van der Waals surface area contributed by atoms with Crippen LogP contribution in [0.1, 0.15) is 17.7 Å². The van der Waals surface area contributed by atoms with Gasteiger partial charge in [-0.05, 0) is 19.1 Å². The number of anilines is 1. The number of carbonyl (C=O) groups excluding carboxylic acids is 2. The molecule has 2 aromatic carbocycles. The number of thiazole rings is 1. The molecule has 0 spiro atoms. The molecule has 3 amide bonds. The Balaban J connectivity index is 1.33. The highest BCUT2D eigenvalue weighted by molar-refractivity contribution is 7.13. The second-order valence-corrected chi connectivity index (χ2v) is 7.47. The predicted molar refractivity (Wildman–Crippen MR) is 117 cm³/mol. The summed E-state index contributed by atoms with van der Waals surface area (Å²) in [5.74, 6) is -0.0981. The van der Waals surface area contributed by atoms with Crippen molar-refractivity contribution in [3.63, 3.8) is 0 Å². The van der Waals surface area contributed by atoms with Gasteiger partial charge in [0.2, 0.25) is 5.91 Å². The third-order valence-electron chi connectivity index (χ3n) is 4.22. The highest BCUT2D eigenvalue weighted by Gasteiger charge is 2.07. The van der Waals surface area contributed by atoms with Gasteiger partial charge in [0, 0.05) is 42.6 Å². The summed E-state index contributed by atoms with van der Waals surface area (Å²) in [5, 5.41) is 11.3. The van der Waals surface area contributed by atoms with Crippen molar-refractivity contribution in [1.29, 1.82) is 0 Å². The summed E-state index contributed by atoms with van der Waals surface area (Å²) in [4.78, 5) is 28.3. The average molecular weight is 409 g/mol. The lowest BCUT2D eigenvalue weighted by Gasteiger charge is -2.08. The molecule has 7 heteroatoms. The zero-order chi connectivity index (χ0) is 20.5. The molecule has 0 atom stereocenters. The first kappa shape index (κ1) is 20.5. The number of amides is 3. The van der Waals surface area contributed by atoms with E-state index in [-0.39, 0.29) is 24.9 Å². The van der Waals surface area contributed by atoms with Gasteiger partial charge in [0.25, 0.3) is 0 Å². The van der Waals surface area contributed by atoms with Crippen LogP contribution in [0, 0.1) is 6.92 Å². The number of carbonyl (C=O) groups is 2. The molecule has 150 valence electrons. The summed E-state index contributed by atoms with van der Waals surface area (Å²) in [6, 6.07) is 17.1. The minimum atomic E-state index is -0.324. The number of aromatic nitrogens is 1. The molecule has 0 saturated carbocycles. The van der Waals surface area contributed by atoms with Gasteiger partial charge in [-0.2, -0.15) is 0 Å². The molecule has 0 aliphatic carbocycles. The zero-order valence-corrected chi connectivity index (χ0v) is 17.1. The number of nitrogens with one attached hydrogen (secondary N) is 3. The molecular weight excluding hydrogens is 384 g/mol. The highest BCUT2D eigenvalue weighted by atomic mass is 32.1. The smallest absolute Gasteiger partial charge is 0.319 e. The number of nitrogens with zero attached hydrogens (tertiary/aromatic N) is 1. The van der Waals surface area contributed by atoms with Crippen LogP contribution < -0.4 is 16.0 Å². The Hall–Kier alpha value is -3.19. The maximum absolute atomic E-state index is 11.9. The number of aryl methyl sites for hydroxylation is 1. The Morgan fingerprint density at radius 2 is 1.72 bits per heavy atom. The van der Waals surface area contributed by atoms with Crippen LogP contribution in [0.2, 0.25) is 0 Å². The molecule has 0 aliphatic heterocycles.